The van der Waals surface area contributed by atoms with E-state index in [2.05, 4.69) is 37.0 Å². The Hall–Kier alpha value is -8.64. The number of hydrogen-bond donors (Lipinski definition) is 2. The average Bonchev–Trinajstić information content (AvgIpc) is 3.22. The number of likely N-dealkylation sites (N-methyl/N-ethyl adjacent to an activating group) is 3. The first-order chi connectivity index (χ1) is 39.1. The minimum atomic E-state index is -0.118. The van der Waals surface area contributed by atoms with Crippen LogP contribution >= 0.6 is 12.4 Å². The zero-order valence-electron chi connectivity index (χ0n) is 47.1. The monoisotopic (exact) mass is 1170 g/mol. The Labute approximate surface area is 504 Å². The summed E-state index contributed by atoms with van der Waals surface area (Å²) in [5, 5.41) is 9.13. The highest BCUT2D eigenvalue weighted by molar-refractivity contribution is 5.97. The molecular weight excluding hydrogens is 1090 g/mol. The molecule has 0 spiro atoms. The van der Waals surface area contributed by atoms with Gasteiger partial charge in [0.1, 0.15) is 45.7 Å². The molecule has 0 unspecified atom stereocenters. The molecule has 448 valence electrons. The zero-order valence-corrected chi connectivity index (χ0v) is 47.9. The van der Waals surface area contributed by atoms with E-state index in [-0.39, 0.29) is 76.3 Å². The number of nitrogens with one attached hydrogen (secondary N) is 2. The summed E-state index contributed by atoms with van der Waals surface area (Å²) >= 11 is 0. The van der Waals surface area contributed by atoms with E-state index in [0.717, 1.165) is 128 Å². The van der Waals surface area contributed by atoms with Crippen LogP contribution in [0.2, 0.25) is 0 Å². The third kappa shape index (κ3) is 14.7. The number of halogens is 1. The van der Waals surface area contributed by atoms with Crippen molar-refractivity contribution >= 4 is 98.6 Å². The minimum Gasteiger partial charge on any atom is -0.459 e. The standard InChI is InChI=1S/2C25H26N4O3.C14H15NO2.3CH4.ClH/c2*1-16-19-6-3-4-8-21(19)32-22(16)15-28(2)23(30)10-9-17-12-18-14-29-11-5-7-20(29)25(31)27-24(18)26-13-17;1-4-14(16)15(3)9-13-10(2)11-7-5-6-8-12(11)17-13;;;;/h2*3-4,6,8-10,12-13,20H,5,7,11,14-15H2,1-2H3,(H,26,27,31);4-8H,1,9H2,2-3H3;3*1H4;1H/b2*10-9+;;;;;/t2*20-;;;;;/m00...../s1. The molecule has 2 fully saturated rings. The first kappa shape index (κ1) is 65.5. The molecule has 3 aromatic carbocycles. The second-order valence-electron chi connectivity index (χ2n) is 21.2. The molecule has 0 bridgehead atoms. The van der Waals surface area contributed by atoms with Crippen LogP contribution in [-0.4, -0.2) is 110 Å². The number of carbonyl (C=O) groups excluding carboxylic acids is 5. The Bertz CT molecular complexity index is 3590. The number of aryl methyl sites for hydroxylation is 3. The van der Waals surface area contributed by atoms with E-state index >= 15 is 0 Å². The number of amides is 5. The number of benzene rings is 3. The van der Waals surface area contributed by atoms with E-state index < -0.39 is 0 Å². The van der Waals surface area contributed by atoms with Crippen LogP contribution in [0.5, 0.6) is 0 Å². The zero-order chi connectivity index (χ0) is 56.9. The fourth-order valence-electron chi connectivity index (χ4n) is 10.9. The Kier molecular flexibility index (Phi) is 22.2. The number of fused-ring (bicyclic) bond motifs is 7. The molecule has 4 aliphatic rings. The van der Waals surface area contributed by atoms with Gasteiger partial charge < -0.3 is 38.6 Å². The molecular formula is C67H80ClN9O8. The smallest absolute Gasteiger partial charge is 0.246 e. The van der Waals surface area contributed by atoms with E-state index in [4.69, 9.17) is 13.3 Å². The normalized spacial score (nSPS) is 16.0. The molecule has 8 aromatic rings. The predicted octanol–water partition coefficient (Wildman–Crippen LogP) is 12.7. The van der Waals surface area contributed by atoms with E-state index in [0.29, 0.717) is 44.4 Å². The Morgan fingerprint density at radius 2 is 0.918 bits per heavy atom. The third-order valence-corrected chi connectivity index (χ3v) is 15.6. The number of furan rings is 3. The average molecular weight is 1170 g/mol. The van der Waals surface area contributed by atoms with Crippen molar-refractivity contribution in [3.05, 3.63) is 178 Å². The van der Waals surface area contributed by atoms with Crippen LogP contribution in [0.4, 0.5) is 11.6 Å². The molecule has 9 heterocycles. The fraction of sp³-hybridized carbons (Fsp3) is 0.328. The topological polar surface area (TPSA) is 191 Å². The molecule has 0 radical (unpaired) electrons. The molecule has 2 atom stereocenters. The van der Waals surface area contributed by atoms with Crippen LogP contribution in [0.25, 0.3) is 45.1 Å². The van der Waals surface area contributed by atoms with Crippen molar-refractivity contribution in [2.24, 2.45) is 0 Å². The van der Waals surface area contributed by atoms with Gasteiger partial charge in [0, 0.05) is 103 Å². The summed E-state index contributed by atoms with van der Waals surface area (Å²) in [6, 6.07) is 27.5. The second kappa shape index (κ2) is 28.8. The Morgan fingerprint density at radius 1 is 0.576 bits per heavy atom. The molecule has 12 rings (SSSR count). The second-order valence-corrected chi connectivity index (χ2v) is 21.2. The quantitative estimate of drug-likeness (QED) is 0.117. The van der Waals surface area contributed by atoms with Crippen LogP contribution in [-0.2, 0) is 56.7 Å². The molecule has 17 nitrogen and oxygen atoms in total. The van der Waals surface area contributed by atoms with Gasteiger partial charge in [-0.1, -0.05) is 83.5 Å². The SMILES string of the molecule is C.C.C.C=CC(=O)N(C)Cc1oc2ccccc2c1C.Cc1c(CN(C)C(=O)/C=C/c2cnc3c(c2)CN2CCC[C@H]2C(=O)N3)oc2ccccc12.Cc1c(CN(C)C(=O)/C=C/c2cnc3c(c2)CN2CCC[C@H]2C(=O)N3)oc2ccccc12.Cl. The van der Waals surface area contributed by atoms with Gasteiger partial charge in [-0.2, -0.15) is 0 Å². The van der Waals surface area contributed by atoms with Crippen molar-refractivity contribution in [1.82, 2.24) is 34.5 Å². The summed E-state index contributed by atoms with van der Waals surface area (Å²) in [5.41, 5.74) is 9.34. The summed E-state index contributed by atoms with van der Waals surface area (Å²) in [5.74, 6) is 3.34. The summed E-state index contributed by atoms with van der Waals surface area (Å²) in [6.07, 6.45) is 15.2. The van der Waals surface area contributed by atoms with Gasteiger partial charge >= 0.3 is 0 Å². The lowest BCUT2D eigenvalue weighted by Crippen LogP contribution is -2.36. The molecule has 0 saturated carbocycles. The van der Waals surface area contributed by atoms with Crippen molar-refractivity contribution in [2.75, 3.05) is 44.9 Å². The number of anilines is 2. The molecule has 2 saturated heterocycles. The highest BCUT2D eigenvalue weighted by atomic mass is 35.5. The molecule has 5 amide bonds. The van der Waals surface area contributed by atoms with Crippen molar-refractivity contribution in [2.45, 2.75) is 114 Å². The number of carbonyl (C=O) groups is 5. The summed E-state index contributed by atoms with van der Waals surface area (Å²) in [6.45, 7) is 14.0. The number of aromatic nitrogens is 2. The highest BCUT2D eigenvalue weighted by Gasteiger charge is 2.35. The number of pyridine rings is 2. The van der Waals surface area contributed by atoms with E-state index in [1.54, 1.807) is 72.5 Å². The van der Waals surface area contributed by atoms with Gasteiger partial charge in [0.2, 0.25) is 29.5 Å². The van der Waals surface area contributed by atoms with Crippen molar-refractivity contribution in [3.63, 3.8) is 0 Å². The summed E-state index contributed by atoms with van der Waals surface area (Å²) in [7, 11) is 5.26. The van der Waals surface area contributed by atoms with Crippen molar-refractivity contribution in [1.29, 1.82) is 0 Å². The molecule has 5 aromatic heterocycles. The first-order valence-electron chi connectivity index (χ1n) is 27.3. The first-order valence-corrected chi connectivity index (χ1v) is 27.3. The lowest BCUT2D eigenvalue weighted by atomic mass is 10.1. The van der Waals surface area contributed by atoms with Crippen molar-refractivity contribution < 1.29 is 37.2 Å². The predicted molar refractivity (Wildman–Crippen MR) is 341 cm³/mol. The lowest BCUT2D eigenvalue weighted by molar-refractivity contribution is -0.126. The van der Waals surface area contributed by atoms with Gasteiger partial charge in [0.05, 0.1) is 31.7 Å². The van der Waals surface area contributed by atoms with Crippen LogP contribution in [0.3, 0.4) is 0 Å². The summed E-state index contributed by atoms with van der Waals surface area (Å²) in [4.78, 5) is 79.7. The van der Waals surface area contributed by atoms with Gasteiger partial charge in [-0.05, 0) is 119 Å². The molecule has 0 aliphatic carbocycles. The molecule has 2 N–H and O–H groups in total. The van der Waals surface area contributed by atoms with Gasteiger partial charge in [0.25, 0.3) is 0 Å². The number of rotatable bonds is 11. The van der Waals surface area contributed by atoms with Gasteiger partial charge in [0.15, 0.2) is 0 Å². The third-order valence-electron chi connectivity index (χ3n) is 15.6. The van der Waals surface area contributed by atoms with Crippen molar-refractivity contribution in [3.8, 4) is 0 Å². The summed E-state index contributed by atoms with van der Waals surface area (Å²) < 4.78 is 17.6. The largest absolute Gasteiger partial charge is 0.459 e. The van der Waals surface area contributed by atoms with Crippen LogP contribution < -0.4 is 10.6 Å². The minimum absolute atomic E-state index is 0. The maximum atomic E-state index is 12.7. The number of nitrogens with zero attached hydrogens (tertiary/aromatic N) is 7. The Balaban J connectivity index is 0.000000209. The van der Waals surface area contributed by atoms with Crippen LogP contribution in [0.15, 0.2) is 135 Å². The lowest BCUT2D eigenvalue weighted by Gasteiger charge is -2.19. The molecule has 85 heavy (non-hydrogen) atoms. The number of hydrogen-bond acceptors (Lipinski definition) is 12. The van der Waals surface area contributed by atoms with E-state index in [1.807, 2.05) is 106 Å². The van der Waals surface area contributed by atoms with Crippen LogP contribution in [0, 0.1) is 20.8 Å². The maximum absolute atomic E-state index is 12.7. The fourth-order valence-corrected chi connectivity index (χ4v) is 10.9. The van der Waals surface area contributed by atoms with Gasteiger partial charge in [-0.3, -0.25) is 33.8 Å². The van der Waals surface area contributed by atoms with E-state index in [1.165, 1.54) is 6.08 Å². The van der Waals surface area contributed by atoms with Gasteiger partial charge in [-0.15, -0.1) is 12.4 Å². The van der Waals surface area contributed by atoms with Gasteiger partial charge in [-0.25, -0.2) is 9.97 Å². The van der Waals surface area contributed by atoms with Crippen LogP contribution in [0.1, 0.15) is 104 Å². The highest BCUT2D eigenvalue weighted by Crippen LogP contribution is 2.32. The number of para-hydroxylation sites is 3. The molecule has 4 aliphatic heterocycles. The Morgan fingerprint density at radius 3 is 1.26 bits per heavy atom. The van der Waals surface area contributed by atoms with E-state index in [9.17, 15) is 24.0 Å². The molecule has 18 heteroatoms. The maximum Gasteiger partial charge on any atom is 0.246 e.